The van der Waals surface area contributed by atoms with Gasteiger partial charge < -0.3 is 14.8 Å². The summed E-state index contributed by atoms with van der Waals surface area (Å²) in [6.07, 6.45) is 0.713. The number of sulfone groups is 1. The molecule has 0 atom stereocenters. The van der Waals surface area contributed by atoms with Crippen LogP contribution in [0.4, 0.5) is 5.69 Å². The Morgan fingerprint density at radius 1 is 1.11 bits per heavy atom. The second kappa shape index (κ2) is 7.28. The molecule has 27 heavy (non-hydrogen) atoms. The van der Waals surface area contributed by atoms with Gasteiger partial charge in [0.1, 0.15) is 0 Å². The molecule has 8 nitrogen and oxygen atoms in total. The van der Waals surface area contributed by atoms with E-state index in [1.807, 2.05) is 6.07 Å². The van der Waals surface area contributed by atoms with Crippen LogP contribution in [0, 0.1) is 10.1 Å². The van der Waals surface area contributed by atoms with Crippen molar-refractivity contribution in [2.75, 3.05) is 20.8 Å². The van der Waals surface area contributed by atoms with Gasteiger partial charge in [-0.05, 0) is 36.2 Å². The number of nitrogens with one attached hydrogen (secondary N) is 1. The van der Waals surface area contributed by atoms with Crippen molar-refractivity contribution < 1.29 is 22.8 Å². The summed E-state index contributed by atoms with van der Waals surface area (Å²) < 4.78 is 36.1. The summed E-state index contributed by atoms with van der Waals surface area (Å²) >= 11 is 0. The van der Waals surface area contributed by atoms with E-state index in [2.05, 4.69) is 5.32 Å². The van der Waals surface area contributed by atoms with Crippen LogP contribution in [0.5, 0.6) is 11.5 Å². The molecule has 0 spiro atoms. The van der Waals surface area contributed by atoms with Crippen molar-refractivity contribution in [3.8, 4) is 11.5 Å². The van der Waals surface area contributed by atoms with Gasteiger partial charge in [-0.2, -0.15) is 0 Å². The van der Waals surface area contributed by atoms with Gasteiger partial charge >= 0.3 is 0 Å². The number of benzene rings is 2. The number of fused-ring (bicyclic) bond motifs is 1. The van der Waals surface area contributed by atoms with Crippen LogP contribution in [0.3, 0.4) is 0 Å². The molecule has 2 aromatic carbocycles. The normalized spacial score (nSPS) is 15.0. The molecule has 1 N–H and O–H groups in total. The van der Waals surface area contributed by atoms with E-state index in [9.17, 15) is 18.5 Å². The second-order valence-corrected chi connectivity index (χ2v) is 7.67. The zero-order valence-corrected chi connectivity index (χ0v) is 15.6. The first-order valence-electron chi connectivity index (χ1n) is 8.06. The molecule has 0 saturated carbocycles. The molecule has 2 aromatic rings. The number of nitro benzene ring substituents is 1. The Labute approximate surface area is 156 Å². The minimum absolute atomic E-state index is 0.0185. The average Bonchev–Trinajstić information content (AvgIpc) is 2.67. The van der Waals surface area contributed by atoms with Gasteiger partial charge in [-0.1, -0.05) is 0 Å². The fraction of sp³-hybridized carbons (Fsp3) is 0.222. The Morgan fingerprint density at radius 2 is 1.74 bits per heavy atom. The molecule has 0 fully saturated rings. The van der Waals surface area contributed by atoms with E-state index in [4.69, 9.17) is 9.47 Å². The van der Waals surface area contributed by atoms with Gasteiger partial charge in [-0.25, -0.2) is 8.42 Å². The lowest BCUT2D eigenvalue weighted by atomic mass is 9.98. The predicted octanol–water partition coefficient (Wildman–Crippen LogP) is 2.53. The first-order valence-corrected chi connectivity index (χ1v) is 9.60. The molecular formula is C18H18N2O6S. The molecular weight excluding hydrogens is 372 g/mol. The Balaban J connectivity index is 2.04. The first-order chi connectivity index (χ1) is 12.9. The molecule has 3 rings (SSSR count). The highest BCUT2D eigenvalue weighted by Gasteiger charge is 2.21. The summed E-state index contributed by atoms with van der Waals surface area (Å²) in [5, 5.41) is 15.0. The summed E-state index contributed by atoms with van der Waals surface area (Å²) in [6, 6.07) is 8.35. The van der Waals surface area contributed by atoms with E-state index in [1.54, 1.807) is 13.2 Å². The summed E-state index contributed by atoms with van der Waals surface area (Å²) in [7, 11) is -0.745. The van der Waals surface area contributed by atoms with E-state index in [0.29, 0.717) is 35.7 Å². The third kappa shape index (κ3) is 3.72. The Hall–Kier alpha value is -3.07. The fourth-order valence-corrected chi connectivity index (χ4v) is 4.06. The van der Waals surface area contributed by atoms with Gasteiger partial charge in [-0.15, -0.1) is 0 Å². The molecule has 0 radical (unpaired) electrons. The maximum absolute atomic E-state index is 12.7. The maximum Gasteiger partial charge on any atom is 0.269 e. The van der Waals surface area contributed by atoms with Crippen LogP contribution >= 0.6 is 0 Å². The van der Waals surface area contributed by atoms with Gasteiger partial charge in [0, 0.05) is 24.2 Å². The van der Waals surface area contributed by atoms with Crippen LogP contribution in [0.15, 0.2) is 46.7 Å². The lowest BCUT2D eigenvalue weighted by Gasteiger charge is -2.23. The van der Waals surface area contributed by atoms with Crippen LogP contribution in [0.2, 0.25) is 0 Å². The molecule has 0 amide bonds. The molecule has 1 aliphatic heterocycles. The number of hydrogen-bond acceptors (Lipinski definition) is 7. The lowest BCUT2D eigenvalue weighted by molar-refractivity contribution is -0.384. The maximum atomic E-state index is 12.7. The summed E-state index contributed by atoms with van der Waals surface area (Å²) in [5.41, 5.74) is 1.93. The van der Waals surface area contributed by atoms with E-state index >= 15 is 0 Å². The summed E-state index contributed by atoms with van der Waals surface area (Å²) in [5.74, 6) is 1.08. The van der Waals surface area contributed by atoms with Gasteiger partial charge in [0.2, 0.25) is 9.84 Å². The molecule has 142 valence electrons. The Morgan fingerprint density at radius 3 is 2.33 bits per heavy atom. The summed E-state index contributed by atoms with van der Waals surface area (Å²) in [6.45, 7) is 0.574. The standard InChI is InChI=1S/C18H18N2O6S/c1-25-17-9-12-7-8-19-16(15(12)10-18(17)26-2)11-27(23,24)14-5-3-13(4-6-14)20(21)22/h3-6,9-11,19H,7-8H2,1-2H3. The number of ether oxygens (including phenoxy) is 2. The van der Waals surface area contributed by atoms with Crippen LogP contribution < -0.4 is 14.8 Å². The molecule has 0 unspecified atom stereocenters. The van der Waals surface area contributed by atoms with Crippen LogP contribution in [-0.4, -0.2) is 34.1 Å². The topological polar surface area (TPSA) is 108 Å². The van der Waals surface area contributed by atoms with Crippen molar-refractivity contribution in [2.24, 2.45) is 0 Å². The minimum atomic E-state index is -3.80. The van der Waals surface area contributed by atoms with Gasteiger partial charge in [0.25, 0.3) is 5.69 Å². The highest BCUT2D eigenvalue weighted by molar-refractivity contribution is 7.94. The minimum Gasteiger partial charge on any atom is -0.493 e. The monoisotopic (exact) mass is 390 g/mol. The largest absolute Gasteiger partial charge is 0.493 e. The molecule has 0 aliphatic carbocycles. The lowest BCUT2D eigenvalue weighted by Crippen LogP contribution is -2.23. The Bertz CT molecular complexity index is 1010. The third-order valence-corrected chi connectivity index (χ3v) is 5.73. The molecule has 1 aliphatic rings. The van der Waals surface area contributed by atoms with E-state index in [-0.39, 0.29) is 10.6 Å². The first kappa shape index (κ1) is 18.7. The zero-order chi connectivity index (χ0) is 19.6. The van der Waals surface area contributed by atoms with Crippen molar-refractivity contribution >= 4 is 21.2 Å². The van der Waals surface area contributed by atoms with E-state index < -0.39 is 14.8 Å². The number of rotatable bonds is 5. The number of methoxy groups -OCH3 is 2. The molecule has 0 aromatic heterocycles. The van der Waals surface area contributed by atoms with E-state index in [1.165, 1.54) is 31.4 Å². The summed E-state index contributed by atoms with van der Waals surface area (Å²) in [4.78, 5) is 10.1. The highest BCUT2D eigenvalue weighted by Crippen LogP contribution is 2.35. The average molecular weight is 390 g/mol. The van der Waals surface area contributed by atoms with Crippen LogP contribution in [0.1, 0.15) is 11.1 Å². The van der Waals surface area contributed by atoms with Crippen LogP contribution in [-0.2, 0) is 16.3 Å². The van der Waals surface area contributed by atoms with Crippen molar-refractivity contribution in [3.05, 3.63) is 63.0 Å². The van der Waals surface area contributed by atoms with Crippen molar-refractivity contribution in [2.45, 2.75) is 11.3 Å². The Kier molecular flexibility index (Phi) is 5.04. The number of non-ortho nitro benzene ring substituents is 1. The third-order valence-electron chi connectivity index (χ3n) is 4.26. The van der Waals surface area contributed by atoms with Crippen molar-refractivity contribution in [3.63, 3.8) is 0 Å². The van der Waals surface area contributed by atoms with Gasteiger partial charge in [0.05, 0.1) is 35.1 Å². The fourth-order valence-electron chi connectivity index (χ4n) is 2.89. The molecule has 0 bridgehead atoms. The second-order valence-electron chi connectivity index (χ2n) is 5.87. The quantitative estimate of drug-likeness (QED) is 0.617. The molecule has 1 heterocycles. The zero-order valence-electron chi connectivity index (χ0n) is 14.8. The van der Waals surface area contributed by atoms with Gasteiger partial charge in [0.15, 0.2) is 11.5 Å². The molecule has 0 saturated heterocycles. The van der Waals surface area contributed by atoms with Gasteiger partial charge in [-0.3, -0.25) is 10.1 Å². The number of hydrogen-bond donors (Lipinski definition) is 1. The van der Waals surface area contributed by atoms with Crippen molar-refractivity contribution in [1.29, 1.82) is 0 Å². The smallest absolute Gasteiger partial charge is 0.269 e. The van der Waals surface area contributed by atoms with E-state index in [0.717, 1.165) is 11.0 Å². The SMILES string of the molecule is COc1cc2c(cc1OC)C(=CS(=O)(=O)c1ccc([N+](=O)[O-])cc1)NCC2. The number of nitro groups is 1. The predicted molar refractivity (Wildman–Crippen MR) is 99.5 cm³/mol. The van der Waals surface area contributed by atoms with Crippen molar-refractivity contribution in [1.82, 2.24) is 5.32 Å². The number of nitrogens with zero attached hydrogens (tertiary/aromatic N) is 1. The molecule has 9 heteroatoms. The highest BCUT2D eigenvalue weighted by atomic mass is 32.2. The van der Waals surface area contributed by atoms with Crippen LogP contribution in [0.25, 0.3) is 5.70 Å².